The van der Waals surface area contributed by atoms with Crippen LogP contribution in [0.4, 0.5) is 26.3 Å². The quantitative estimate of drug-likeness (QED) is 0.520. The van der Waals surface area contributed by atoms with E-state index in [9.17, 15) is 26.3 Å². The van der Waals surface area contributed by atoms with E-state index in [4.69, 9.17) is 5.26 Å². The van der Waals surface area contributed by atoms with Crippen LogP contribution in [-0.4, -0.2) is 12.4 Å². The summed E-state index contributed by atoms with van der Waals surface area (Å²) in [6.45, 7) is 0. The molecule has 1 nitrogen and oxygen atoms in total. The fourth-order valence-corrected chi connectivity index (χ4v) is 0.332. The molecule has 0 rings (SSSR count). The van der Waals surface area contributed by atoms with Gasteiger partial charge in [-0.15, -0.1) is 0 Å². The van der Waals surface area contributed by atoms with Crippen molar-refractivity contribution in [1.29, 1.82) is 5.26 Å². The van der Waals surface area contributed by atoms with Crippen LogP contribution in [0.15, 0.2) is 0 Å². The molecule has 0 saturated carbocycles. The number of rotatable bonds is 0. The highest BCUT2D eigenvalue weighted by atomic mass is 19.4. The average molecular weight is 177 g/mol. The summed E-state index contributed by atoms with van der Waals surface area (Å²) in [6, 6.07) is 0.132. The zero-order valence-corrected chi connectivity index (χ0v) is 4.79. The molecule has 0 bridgehead atoms. The Labute approximate surface area is 57.2 Å². The molecular weight excluding hydrogens is 176 g/mol. The number of hydrogen-bond acceptors (Lipinski definition) is 1. The normalized spacial score (nSPS) is 13.3. The van der Waals surface area contributed by atoms with E-state index in [1.807, 2.05) is 0 Å². The van der Waals surface area contributed by atoms with Gasteiger partial charge in [0.1, 0.15) is 0 Å². The molecule has 0 saturated heterocycles. The second-order valence-corrected chi connectivity index (χ2v) is 1.65. The fraction of sp³-hybridized carbons (Fsp3) is 0.750. The van der Waals surface area contributed by atoms with Gasteiger partial charge in [0.2, 0.25) is 5.92 Å². The van der Waals surface area contributed by atoms with Crippen molar-refractivity contribution in [3.8, 4) is 6.07 Å². The number of nitrogens with zero attached hydrogens (tertiary/aromatic N) is 1. The summed E-state index contributed by atoms with van der Waals surface area (Å²) in [5.41, 5.74) is 0. The third kappa shape index (κ3) is 2.65. The van der Waals surface area contributed by atoms with Crippen molar-refractivity contribution in [2.24, 2.45) is 5.92 Å². The molecule has 0 atom stereocenters. The third-order valence-corrected chi connectivity index (χ3v) is 0.784. The van der Waals surface area contributed by atoms with Gasteiger partial charge in [-0.1, -0.05) is 0 Å². The summed E-state index contributed by atoms with van der Waals surface area (Å²) >= 11 is 0. The van der Waals surface area contributed by atoms with Gasteiger partial charge in [-0.2, -0.15) is 31.6 Å². The van der Waals surface area contributed by atoms with Crippen molar-refractivity contribution in [1.82, 2.24) is 0 Å². The average Bonchev–Trinajstić information content (AvgIpc) is 1.56. The van der Waals surface area contributed by atoms with Crippen LogP contribution >= 0.6 is 0 Å². The highest BCUT2D eigenvalue weighted by Crippen LogP contribution is 2.38. The van der Waals surface area contributed by atoms with Crippen molar-refractivity contribution in [3.63, 3.8) is 0 Å². The first-order chi connectivity index (χ1) is 4.69. The predicted molar refractivity (Wildman–Crippen MR) is 21.2 cm³/mol. The lowest BCUT2D eigenvalue weighted by Gasteiger charge is -2.15. The molecule has 0 unspecified atom stereocenters. The Hall–Kier alpha value is -0.930. The van der Waals surface area contributed by atoms with Crippen molar-refractivity contribution in [3.05, 3.63) is 0 Å². The smallest absolute Gasteiger partial charge is 0.197 e. The number of halogens is 6. The molecule has 0 radical (unpaired) electrons. The van der Waals surface area contributed by atoms with Crippen LogP contribution in [0.5, 0.6) is 0 Å². The molecule has 7 heteroatoms. The van der Waals surface area contributed by atoms with Crippen LogP contribution in [0.3, 0.4) is 0 Å². The minimum Gasteiger partial charge on any atom is -0.197 e. The molecule has 0 N–H and O–H groups in total. The lowest BCUT2D eigenvalue weighted by atomic mass is 10.1. The Morgan fingerprint density at radius 2 is 1.18 bits per heavy atom. The zero-order valence-electron chi connectivity index (χ0n) is 4.79. The maximum absolute atomic E-state index is 11.3. The van der Waals surface area contributed by atoms with E-state index in [2.05, 4.69) is 0 Å². The van der Waals surface area contributed by atoms with E-state index in [-0.39, 0.29) is 6.07 Å². The van der Waals surface area contributed by atoms with Crippen molar-refractivity contribution >= 4 is 0 Å². The van der Waals surface area contributed by atoms with Crippen LogP contribution in [0.1, 0.15) is 0 Å². The standard InChI is InChI=1S/C4HF6N/c5-3(6,7)2(1-11)4(8,9)10/h2H. The summed E-state index contributed by atoms with van der Waals surface area (Å²) in [7, 11) is 0. The van der Waals surface area contributed by atoms with E-state index in [1.54, 1.807) is 0 Å². The highest BCUT2D eigenvalue weighted by molar-refractivity contribution is 4.93. The van der Waals surface area contributed by atoms with Crippen LogP contribution in [0.25, 0.3) is 0 Å². The van der Waals surface area contributed by atoms with E-state index in [0.29, 0.717) is 0 Å². The summed E-state index contributed by atoms with van der Waals surface area (Å²) in [6.07, 6.45) is -11.1. The molecule has 0 aromatic heterocycles. The third-order valence-electron chi connectivity index (χ3n) is 0.784. The zero-order chi connectivity index (χ0) is 9.28. The Balaban J connectivity index is 4.60. The van der Waals surface area contributed by atoms with Gasteiger partial charge in [0, 0.05) is 0 Å². The lowest BCUT2D eigenvalue weighted by Crippen LogP contribution is -2.34. The summed E-state index contributed by atoms with van der Waals surface area (Å²) in [4.78, 5) is 0. The van der Waals surface area contributed by atoms with E-state index in [0.717, 1.165) is 0 Å². The van der Waals surface area contributed by atoms with E-state index >= 15 is 0 Å². The van der Waals surface area contributed by atoms with Gasteiger partial charge < -0.3 is 0 Å². The minimum atomic E-state index is -5.53. The second kappa shape index (κ2) is 2.60. The van der Waals surface area contributed by atoms with Gasteiger partial charge in [-0.25, -0.2) is 0 Å². The summed E-state index contributed by atoms with van der Waals surface area (Å²) < 4.78 is 67.6. The fourth-order valence-electron chi connectivity index (χ4n) is 0.332. The van der Waals surface area contributed by atoms with Crippen LogP contribution < -0.4 is 0 Å². The monoisotopic (exact) mass is 177 g/mol. The summed E-state index contributed by atoms with van der Waals surface area (Å²) in [5.74, 6) is -3.88. The van der Waals surface area contributed by atoms with Crippen LogP contribution in [0.2, 0.25) is 0 Å². The molecule has 0 aliphatic heterocycles. The predicted octanol–water partition coefficient (Wildman–Crippen LogP) is 2.25. The number of hydrogen-bond donors (Lipinski definition) is 0. The maximum Gasteiger partial charge on any atom is 0.413 e. The van der Waals surface area contributed by atoms with Gasteiger partial charge >= 0.3 is 12.4 Å². The molecule has 0 aromatic rings. The molecule has 0 fully saturated rings. The molecule has 0 aromatic carbocycles. The second-order valence-electron chi connectivity index (χ2n) is 1.65. The SMILES string of the molecule is N#CC(C(F)(F)F)C(F)(F)F. The molecule has 0 spiro atoms. The first kappa shape index (κ1) is 10.1. The summed E-state index contributed by atoms with van der Waals surface area (Å²) in [5, 5.41) is 7.51. The maximum atomic E-state index is 11.3. The Morgan fingerprint density at radius 3 is 1.18 bits per heavy atom. The van der Waals surface area contributed by atoms with Crippen molar-refractivity contribution in [2.45, 2.75) is 12.4 Å². The molecular formula is C4HF6N. The minimum absolute atomic E-state index is 0.132. The lowest BCUT2D eigenvalue weighted by molar-refractivity contribution is -0.264. The molecule has 0 heterocycles. The van der Waals surface area contributed by atoms with Gasteiger partial charge in [0.25, 0.3) is 0 Å². The van der Waals surface area contributed by atoms with Crippen molar-refractivity contribution < 1.29 is 26.3 Å². The van der Waals surface area contributed by atoms with Gasteiger partial charge in [-0.3, -0.25) is 0 Å². The largest absolute Gasteiger partial charge is 0.413 e. The van der Waals surface area contributed by atoms with E-state index in [1.165, 1.54) is 0 Å². The Bertz CT molecular complexity index is 156. The van der Waals surface area contributed by atoms with Gasteiger partial charge in [0.05, 0.1) is 6.07 Å². The number of alkyl halides is 6. The first-order valence-electron chi connectivity index (χ1n) is 2.22. The highest BCUT2D eigenvalue weighted by Gasteiger charge is 2.57. The van der Waals surface area contributed by atoms with Gasteiger partial charge in [0.15, 0.2) is 0 Å². The molecule has 0 amide bonds. The van der Waals surface area contributed by atoms with Crippen molar-refractivity contribution in [2.75, 3.05) is 0 Å². The van der Waals surface area contributed by atoms with Crippen LogP contribution in [-0.2, 0) is 0 Å². The van der Waals surface area contributed by atoms with Gasteiger partial charge in [-0.05, 0) is 0 Å². The number of nitriles is 1. The van der Waals surface area contributed by atoms with Crippen LogP contribution in [0, 0.1) is 17.2 Å². The Morgan fingerprint density at radius 1 is 0.909 bits per heavy atom. The van der Waals surface area contributed by atoms with E-state index < -0.39 is 18.3 Å². The molecule has 0 aliphatic carbocycles. The topological polar surface area (TPSA) is 23.8 Å². The first-order valence-corrected chi connectivity index (χ1v) is 2.22. The molecule has 0 aliphatic rings. The molecule has 64 valence electrons. The molecule has 11 heavy (non-hydrogen) atoms. The Kier molecular flexibility index (Phi) is 2.38.